The summed E-state index contributed by atoms with van der Waals surface area (Å²) in [6, 6.07) is 15.6. The number of carbonyl (C=O) groups is 2. The Balaban J connectivity index is 1.31. The highest BCUT2D eigenvalue weighted by molar-refractivity contribution is 5.79. The van der Waals surface area contributed by atoms with Gasteiger partial charge < -0.3 is 14.6 Å². The number of rotatable bonds is 3. The molecule has 5 rings (SSSR count). The van der Waals surface area contributed by atoms with Gasteiger partial charge in [-0.2, -0.15) is 0 Å². The highest BCUT2D eigenvalue weighted by Crippen LogP contribution is 2.45. The molecule has 1 aliphatic carbocycles. The van der Waals surface area contributed by atoms with Crippen LogP contribution in [0.25, 0.3) is 11.1 Å². The standard InChI is InChI=1S/C27H32N2O5/c1-27(2,3)34-25(31)28-14-17-12-13-23(24(28)15-30)29(17)26(32)33-16-22-20-10-6-4-8-18(20)19-9-5-7-11-21(19)22/h4-11,17,22-24,30H,12-16H2,1-3H3/t17-,23+,24-/m1/s1. The average Bonchev–Trinajstić information content (AvgIpc) is 3.30. The Morgan fingerprint density at radius 2 is 1.59 bits per heavy atom. The van der Waals surface area contributed by atoms with Crippen molar-refractivity contribution in [1.82, 2.24) is 9.80 Å². The lowest BCUT2D eigenvalue weighted by Crippen LogP contribution is -2.64. The van der Waals surface area contributed by atoms with Crippen LogP contribution in [-0.4, -0.2) is 70.6 Å². The van der Waals surface area contributed by atoms with Crippen molar-refractivity contribution in [2.75, 3.05) is 19.8 Å². The molecule has 3 atom stereocenters. The van der Waals surface area contributed by atoms with E-state index in [1.54, 1.807) is 9.80 Å². The number of hydrogen-bond donors (Lipinski definition) is 1. The molecule has 7 heteroatoms. The molecule has 180 valence electrons. The molecule has 2 aromatic rings. The quantitative estimate of drug-likeness (QED) is 0.729. The fourth-order valence-corrected chi connectivity index (χ4v) is 5.74. The molecular formula is C27H32N2O5. The third kappa shape index (κ3) is 3.92. The molecular weight excluding hydrogens is 432 g/mol. The number of piperazine rings is 1. The third-order valence-corrected chi connectivity index (χ3v) is 7.16. The van der Waals surface area contributed by atoms with Gasteiger partial charge in [-0.15, -0.1) is 0 Å². The van der Waals surface area contributed by atoms with E-state index in [-0.39, 0.29) is 37.3 Å². The normalized spacial score (nSPS) is 23.5. The lowest BCUT2D eigenvalue weighted by molar-refractivity contribution is -0.0332. The van der Waals surface area contributed by atoms with E-state index in [0.717, 1.165) is 12.8 Å². The smallest absolute Gasteiger partial charge is 0.410 e. The average molecular weight is 465 g/mol. The summed E-state index contributed by atoms with van der Waals surface area (Å²) in [6.07, 6.45) is 0.664. The van der Waals surface area contributed by atoms with Crippen LogP contribution in [0.3, 0.4) is 0 Å². The number of ether oxygens (including phenoxy) is 2. The zero-order valence-corrected chi connectivity index (χ0v) is 19.9. The molecule has 34 heavy (non-hydrogen) atoms. The number of benzene rings is 2. The molecule has 2 bridgehead atoms. The molecule has 0 saturated carbocycles. The van der Waals surface area contributed by atoms with Crippen LogP contribution in [0.15, 0.2) is 48.5 Å². The maximum absolute atomic E-state index is 13.3. The summed E-state index contributed by atoms with van der Waals surface area (Å²) in [5.74, 6) is -0.00862. The van der Waals surface area contributed by atoms with E-state index in [1.807, 2.05) is 45.0 Å². The molecule has 3 aliphatic rings. The highest BCUT2D eigenvalue weighted by Gasteiger charge is 2.51. The van der Waals surface area contributed by atoms with E-state index in [4.69, 9.17) is 9.47 Å². The van der Waals surface area contributed by atoms with Gasteiger partial charge in [-0.1, -0.05) is 48.5 Å². The van der Waals surface area contributed by atoms with Gasteiger partial charge in [0.15, 0.2) is 0 Å². The monoisotopic (exact) mass is 464 g/mol. The number of carbonyl (C=O) groups excluding carboxylic acids is 2. The number of aliphatic hydroxyl groups is 1. The van der Waals surface area contributed by atoms with Crippen LogP contribution in [0.1, 0.15) is 50.7 Å². The molecule has 2 heterocycles. The Labute approximate surface area is 200 Å². The molecule has 2 aliphatic heterocycles. The summed E-state index contributed by atoms with van der Waals surface area (Å²) in [7, 11) is 0. The number of hydrogen-bond acceptors (Lipinski definition) is 5. The predicted octanol–water partition coefficient (Wildman–Crippen LogP) is 4.38. The van der Waals surface area contributed by atoms with Crippen LogP contribution in [0.4, 0.5) is 9.59 Å². The Bertz CT molecular complexity index is 1050. The third-order valence-electron chi connectivity index (χ3n) is 7.16. The second-order valence-electron chi connectivity index (χ2n) is 10.4. The van der Waals surface area contributed by atoms with Gasteiger partial charge in [-0.3, -0.25) is 9.80 Å². The van der Waals surface area contributed by atoms with Crippen LogP contribution in [0.5, 0.6) is 0 Å². The largest absolute Gasteiger partial charge is 0.448 e. The van der Waals surface area contributed by atoms with Crippen LogP contribution < -0.4 is 0 Å². The summed E-state index contributed by atoms with van der Waals surface area (Å²) >= 11 is 0. The van der Waals surface area contributed by atoms with Gasteiger partial charge in [-0.25, -0.2) is 9.59 Å². The van der Waals surface area contributed by atoms with E-state index in [2.05, 4.69) is 24.3 Å². The Hall–Kier alpha value is -3.06. The molecule has 2 amide bonds. The molecule has 2 saturated heterocycles. The van der Waals surface area contributed by atoms with Gasteiger partial charge in [0.05, 0.1) is 24.7 Å². The van der Waals surface area contributed by atoms with Crippen LogP contribution >= 0.6 is 0 Å². The van der Waals surface area contributed by atoms with Crippen molar-refractivity contribution in [1.29, 1.82) is 0 Å². The maximum Gasteiger partial charge on any atom is 0.410 e. The predicted molar refractivity (Wildman–Crippen MR) is 128 cm³/mol. The number of fused-ring (bicyclic) bond motifs is 5. The van der Waals surface area contributed by atoms with Crippen LogP contribution in [-0.2, 0) is 9.47 Å². The minimum absolute atomic E-state index is 0.00862. The van der Waals surface area contributed by atoms with Crippen LogP contribution in [0.2, 0.25) is 0 Å². The summed E-state index contributed by atoms with van der Waals surface area (Å²) in [4.78, 5) is 29.4. The van der Waals surface area contributed by atoms with Crippen LogP contribution in [0, 0.1) is 0 Å². The first-order valence-corrected chi connectivity index (χ1v) is 12.0. The molecule has 0 aromatic heterocycles. The summed E-state index contributed by atoms with van der Waals surface area (Å²) in [6.45, 7) is 5.81. The first-order valence-electron chi connectivity index (χ1n) is 12.0. The maximum atomic E-state index is 13.3. The van der Waals surface area contributed by atoms with Crippen molar-refractivity contribution < 1.29 is 24.2 Å². The van der Waals surface area contributed by atoms with Gasteiger partial charge in [0.2, 0.25) is 0 Å². The minimum atomic E-state index is -0.625. The zero-order chi connectivity index (χ0) is 24.0. The fraction of sp³-hybridized carbons (Fsp3) is 0.481. The number of aliphatic hydroxyl groups excluding tert-OH is 1. The second-order valence-corrected chi connectivity index (χ2v) is 10.4. The van der Waals surface area contributed by atoms with E-state index >= 15 is 0 Å². The number of likely N-dealkylation sites (tertiary alicyclic amines) is 1. The van der Waals surface area contributed by atoms with Gasteiger partial charge in [0.25, 0.3) is 0 Å². The van der Waals surface area contributed by atoms with E-state index in [9.17, 15) is 14.7 Å². The van der Waals surface area contributed by atoms with Gasteiger partial charge in [0.1, 0.15) is 12.2 Å². The van der Waals surface area contributed by atoms with E-state index in [1.165, 1.54) is 22.3 Å². The fourth-order valence-electron chi connectivity index (χ4n) is 5.74. The Kier molecular flexibility index (Phi) is 5.76. The van der Waals surface area contributed by atoms with Gasteiger partial charge in [0, 0.05) is 12.5 Å². The van der Waals surface area contributed by atoms with E-state index in [0.29, 0.717) is 6.54 Å². The van der Waals surface area contributed by atoms with Crippen molar-refractivity contribution in [3.8, 4) is 11.1 Å². The second kappa shape index (κ2) is 8.62. The van der Waals surface area contributed by atoms with Crippen molar-refractivity contribution in [2.24, 2.45) is 0 Å². The first kappa shape index (κ1) is 22.7. The molecule has 0 unspecified atom stereocenters. The minimum Gasteiger partial charge on any atom is -0.448 e. The molecule has 2 aromatic carbocycles. The molecule has 0 radical (unpaired) electrons. The highest BCUT2D eigenvalue weighted by atomic mass is 16.6. The SMILES string of the molecule is CC(C)(C)OC(=O)N1C[C@H]2CC[C@@H]([C@H]1CO)N2C(=O)OCC1c2ccccc2-c2ccccc21. The topological polar surface area (TPSA) is 79.3 Å². The Morgan fingerprint density at radius 1 is 0.971 bits per heavy atom. The summed E-state index contributed by atoms with van der Waals surface area (Å²) in [5, 5.41) is 10.1. The molecule has 7 nitrogen and oxygen atoms in total. The lowest BCUT2D eigenvalue weighted by Gasteiger charge is -2.45. The molecule has 2 fully saturated rings. The number of amides is 2. The molecule has 1 N–H and O–H groups in total. The summed E-state index contributed by atoms with van der Waals surface area (Å²) in [5.41, 5.74) is 4.08. The zero-order valence-electron chi connectivity index (χ0n) is 19.9. The van der Waals surface area contributed by atoms with Crippen molar-refractivity contribution in [2.45, 2.75) is 63.3 Å². The van der Waals surface area contributed by atoms with Crippen molar-refractivity contribution in [3.63, 3.8) is 0 Å². The van der Waals surface area contributed by atoms with Crippen molar-refractivity contribution in [3.05, 3.63) is 59.7 Å². The summed E-state index contributed by atoms with van der Waals surface area (Å²) < 4.78 is 11.5. The lowest BCUT2D eigenvalue weighted by atomic mass is 9.98. The Morgan fingerprint density at radius 3 is 2.18 bits per heavy atom. The van der Waals surface area contributed by atoms with Gasteiger partial charge >= 0.3 is 12.2 Å². The molecule has 0 spiro atoms. The number of nitrogens with zero attached hydrogens (tertiary/aromatic N) is 2. The van der Waals surface area contributed by atoms with Crippen molar-refractivity contribution >= 4 is 12.2 Å². The van der Waals surface area contributed by atoms with Gasteiger partial charge in [-0.05, 0) is 55.9 Å². The van der Waals surface area contributed by atoms with E-state index < -0.39 is 17.7 Å². The first-order chi connectivity index (χ1) is 16.3.